The molecule has 1 aliphatic heterocycles. The van der Waals surface area contributed by atoms with E-state index in [1.807, 2.05) is 19.2 Å². The fraction of sp³-hybridized carbons (Fsp3) is 0.667. The van der Waals surface area contributed by atoms with Crippen LogP contribution in [-0.4, -0.2) is 51.7 Å². The SMILES string of the molecule is C=C/C=C(\N=CC)N1CC[C@@H](NCCO[Si](C)(C)C)C1. The molecule has 4 nitrogen and oxygen atoms in total. The van der Waals surface area contributed by atoms with Crippen molar-refractivity contribution in [2.24, 2.45) is 4.99 Å². The maximum absolute atomic E-state index is 5.86. The average Bonchev–Trinajstić information content (AvgIpc) is 2.82. The lowest BCUT2D eigenvalue weighted by Crippen LogP contribution is -2.36. The number of likely N-dealkylation sites (tertiary alicyclic amines) is 1. The number of aliphatic imine (C=N–C) groups is 1. The number of nitrogens with one attached hydrogen (secondary N) is 1. The molecule has 0 aromatic heterocycles. The summed E-state index contributed by atoms with van der Waals surface area (Å²) >= 11 is 0. The molecular weight excluding hydrogens is 266 g/mol. The van der Waals surface area contributed by atoms with Gasteiger partial charge in [0.1, 0.15) is 5.82 Å². The van der Waals surface area contributed by atoms with Crippen LogP contribution in [0.2, 0.25) is 19.6 Å². The molecule has 0 aromatic carbocycles. The van der Waals surface area contributed by atoms with E-state index in [1.54, 1.807) is 6.08 Å². The van der Waals surface area contributed by atoms with E-state index in [2.05, 4.69) is 41.4 Å². The lowest BCUT2D eigenvalue weighted by molar-refractivity contribution is 0.298. The Morgan fingerprint density at radius 2 is 2.25 bits per heavy atom. The Labute approximate surface area is 124 Å². The second-order valence-corrected chi connectivity index (χ2v) is 10.5. The fourth-order valence-corrected chi connectivity index (χ4v) is 2.94. The lowest BCUT2D eigenvalue weighted by Gasteiger charge is -2.20. The van der Waals surface area contributed by atoms with Crippen molar-refractivity contribution in [1.82, 2.24) is 10.2 Å². The van der Waals surface area contributed by atoms with Crippen molar-refractivity contribution < 1.29 is 4.43 Å². The molecule has 5 heteroatoms. The quantitative estimate of drug-likeness (QED) is 0.324. The van der Waals surface area contributed by atoms with Gasteiger partial charge in [-0.3, -0.25) is 0 Å². The van der Waals surface area contributed by atoms with Gasteiger partial charge in [-0.2, -0.15) is 0 Å². The first-order valence-electron chi connectivity index (χ1n) is 7.40. The maximum Gasteiger partial charge on any atom is 0.183 e. The van der Waals surface area contributed by atoms with Crippen molar-refractivity contribution in [3.05, 3.63) is 24.6 Å². The topological polar surface area (TPSA) is 36.9 Å². The fourth-order valence-electron chi connectivity index (χ4n) is 2.22. The minimum absolute atomic E-state index is 0.528. The molecule has 0 amide bonds. The van der Waals surface area contributed by atoms with Crippen molar-refractivity contribution >= 4 is 14.5 Å². The van der Waals surface area contributed by atoms with Crippen molar-refractivity contribution in [1.29, 1.82) is 0 Å². The Morgan fingerprint density at radius 3 is 2.85 bits per heavy atom. The molecule has 1 atom stereocenters. The van der Waals surface area contributed by atoms with E-state index in [9.17, 15) is 0 Å². The highest BCUT2D eigenvalue weighted by molar-refractivity contribution is 6.69. The van der Waals surface area contributed by atoms with Gasteiger partial charge in [0, 0.05) is 38.5 Å². The molecule has 0 bridgehead atoms. The molecule has 1 N–H and O–H groups in total. The van der Waals surface area contributed by atoms with E-state index in [0.717, 1.165) is 38.5 Å². The third-order valence-corrected chi connectivity index (χ3v) is 4.18. The second-order valence-electron chi connectivity index (χ2n) is 5.99. The number of hydrogen-bond acceptors (Lipinski definition) is 4. The molecule has 1 aliphatic rings. The third kappa shape index (κ3) is 6.50. The van der Waals surface area contributed by atoms with Crippen LogP contribution in [0.5, 0.6) is 0 Å². The summed E-state index contributed by atoms with van der Waals surface area (Å²) in [6.45, 7) is 16.2. The molecule has 20 heavy (non-hydrogen) atoms. The predicted octanol–water partition coefficient (Wildman–Crippen LogP) is 2.62. The minimum atomic E-state index is -1.38. The molecule has 1 saturated heterocycles. The normalized spacial score (nSPS) is 20.9. The van der Waals surface area contributed by atoms with Gasteiger partial charge in [0.25, 0.3) is 0 Å². The number of nitrogens with zero attached hydrogens (tertiary/aromatic N) is 2. The Balaban J connectivity index is 2.32. The van der Waals surface area contributed by atoms with Crippen molar-refractivity contribution in [3.8, 4) is 0 Å². The van der Waals surface area contributed by atoms with Gasteiger partial charge < -0.3 is 14.6 Å². The lowest BCUT2D eigenvalue weighted by atomic mass is 10.3. The minimum Gasteiger partial charge on any atom is -0.416 e. The third-order valence-electron chi connectivity index (χ3n) is 3.11. The Morgan fingerprint density at radius 1 is 1.50 bits per heavy atom. The van der Waals surface area contributed by atoms with Gasteiger partial charge in [0.15, 0.2) is 8.32 Å². The largest absolute Gasteiger partial charge is 0.416 e. The van der Waals surface area contributed by atoms with Gasteiger partial charge in [-0.1, -0.05) is 12.7 Å². The predicted molar refractivity (Wildman–Crippen MR) is 89.7 cm³/mol. The van der Waals surface area contributed by atoms with Gasteiger partial charge in [-0.05, 0) is 39.1 Å². The molecule has 0 aromatic rings. The first kappa shape index (κ1) is 17.1. The highest BCUT2D eigenvalue weighted by Crippen LogP contribution is 2.16. The number of allylic oxidation sites excluding steroid dienone is 2. The summed E-state index contributed by atoms with van der Waals surface area (Å²) in [6, 6.07) is 0.528. The van der Waals surface area contributed by atoms with Gasteiger partial charge >= 0.3 is 0 Å². The Kier molecular flexibility index (Phi) is 7.19. The zero-order valence-electron chi connectivity index (χ0n) is 13.4. The van der Waals surface area contributed by atoms with Crippen LogP contribution in [0, 0.1) is 0 Å². The van der Waals surface area contributed by atoms with Gasteiger partial charge in [0.05, 0.1) is 0 Å². The Bertz CT molecular complexity index is 361. The summed E-state index contributed by atoms with van der Waals surface area (Å²) < 4.78 is 5.86. The van der Waals surface area contributed by atoms with E-state index in [0.29, 0.717) is 6.04 Å². The molecule has 0 radical (unpaired) electrons. The van der Waals surface area contributed by atoms with E-state index in [4.69, 9.17) is 4.43 Å². The van der Waals surface area contributed by atoms with Crippen LogP contribution < -0.4 is 5.32 Å². The molecule has 0 saturated carbocycles. The van der Waals surface area contributed by atoms with Crippen molar-refractivity contribution in [2.75, 3.05) is 26.2 Å². The molecule has 0 aliphatic carbocycles. The molecule has 0 spiro atoms. The van der Waals surface area contributed by atoms with E-state index in [1.165, 1.54) is 0 Å². The van der Waals surface area contributed by atoms with Crippen molar-refractivity contribution in [3.63, 3.8) is 0 Å². The summed E-state index contributed by atoms with van der Waals surface area (Å²) in [7, 11) is -1.38. The highest BCUT2D eigenvalue weighted by Gasteiger charge is 2.23. The van der Waals surface area contributed by atoms with Crippen LogP contribution in [-0.2, 0) is 4.43 Å². The zero-order valence-corrected chi connectivity index (χ0v) is 14.4. The molecular formula is C15H29N3OSi. The standard InChI is InChI=1S/C15H29N3OSi/c1-6-8-15(16-7-2)18-11-9-14(13-18)17-10-12-19-20(3,4)5/h6-8,14,17H,1,9-13H2,2-5H3/b15-8+,16-7?/t14-/m1/s1. The smallest absolute Gasteiger partial charge is 0.183 e. The monoisotopic (exact) mass is 295 g/mol. The highest BCUT2D eigenvalue weighted by atomic mass is 28.4. The van der Waals surface area contributed by atoms with Gasteiger partial charge in [0.2, 0.25) is 0 Å². The van der Waals surface area contributed by atoms with E-state index in [-0.39, 0.29) is 0 Å². The first-order valence-corrected chi connectivity index (χ1v) is 10.8. The van der Waals surface area contributed by atoms with E-state index < -0.39 is 8.32 Å². The molecule has 1 heterocycles. The maximum atomic E-state index is 5.86. The van der Waals surface area contributed by atoms with Crippen LogP contribution in [0.1, 0.15) is 13.3 Å². The van der Waals surface area contributed by atoms with E-state index >= 15 is 0 Å². The molecule has 114 valence electrons. The number of hydrogen-bond donors (Lipinski definition) is 1. The average molecular weight is 296 g/mol. The van der Waals surface area contributed by atoms with Crippen LogP contribution >= 0.6 is 0 Å². The Hall–Kier alpha value is -0.913. The zero-order chi connectivity index (χ0) is 15.0. The second kappa shape index (κ2) is 8.39. The van der Waals surface area contributed by atoms with Crippen molar-refractivity contribution in [2.45, 2.75) is 39.0 Å². The molecule has 1 rings (SSSR count). The summed E-state index contributed by atoms with van der Waals surface area (Å²) in [4.78, 5) is 6.71. The summed E-state index contributed by atoms with van der Waals surface area (Å²) in [5, 5.41) is 3.57. The van der Waals surface area contributed by atoms with Gasteiger partial charge in [-0.25, -0.2) is 4.99 Å². The number of rotatable bonds is 8. The van der Waals surface area contributed by atoms with Crippen LogP contribution in [0.3, 0.4) is 0 Å². The summed E-state index contributed by atoms with van der Waals surface area (Å²) in [5.74, 6) is 1.00. The first-order chi connectivity index (χ1) is 9.46. The van der Waals surface area contributed by atoms with Gasteiger partial charge in [-0.15, -0.1) is 0 Å². The summed E-state index contributed by atoms with van der Waals surface area (Å²) in [6.07, 6.45) is 6.75. The molecule has 0 unspecified atom stereocenters. The van der Waals surface area contributed by atoms with Crippen LogP contribution in [0.25, 0.3) is 0 Å². The van der Waals surface area contributed by atoms with Crippen LogP contribution in [0.15, 0.2) is 29.5 Å². The summed E-state index contributed by atoms with van der Waals surface area (Å²) in [5.41, 5.74) is 0. The van der Waals surface area contributed by atoms with Crippen LogP contribution in [0.4, 0.5) is 0 Å². The molecule has 1 fully saturated rings.